The quantitative estimate of drug-likeness (QED) is 0.235. The molecule has 0 unspecified atom stereocenters. The van der Waals surface area contributed by atoms with Gasteiger partial charge in [-0.2, -0.15) is 5.10 Å². The van der Waals surface area contributed by atoms with E-state index >= 15 is 0 Å². The van der Waals surface area contributed by atoms with E-state index < -0.39 is 0 Å². The summed E-state index contributed by atoms with van der Waals surface area (Å²) >= 11 is 0. The molecular weight excluding hydrogens is 467 g/mol. The molecule has 1 saturated carbocycles. The lowest BCUT2D eigenvalue weighted by Crippen LogP contribution is -2.24. The van der Waals surface area contributed by atoms with Crippen LogP contribution in [0.4, 0.5) is 15.8 Å². The molecule has 0 bridgehead atoms. The van der Waals surface area contributed by atoms with Gasteiger partial charge in [0.2, 0.25) is 0 Å². The van der Waals surface area contributed by atoms with Crippen molar-refractivity contribution in [2.24, 2.45) is 16.5 Å². The predicted molar refractivity (Wildman–Crippen MR) is 147 cm³/mol. The van der Waals surface area contributed by atoms with E-state index in [4.69, 9.17) is 16.2 Å². The summed E-state index contributed by atoms with van der Waals surface area (Å²) in [6.45, 7) is 4.07. The molecule has 8 heteroatoms. The van der Waals surface area contributed by atoms with Crippen LogP contribution >= 0.6 is 0 Å². The number of nitrogens with zero attached hydrogens (tertiary/aromatic N) is 3. The topological polar surface area (TPSA) is 103 Å². The van der Waals surface area contributed by atoms with Gasteiger partial charge in [0.15, 0.2) is 0 Å². The van der Waals surface area contributed by atoms with E-state index in [0.717, 1.165) is 64.9 Å². The monoisotopic (exact) mass is 500 g/mol. The second kappa shape index (κ2) is 10.2. The van der Waals surface area contributed by atoms with Crippen molar-refractivity contribution in [1.29, 1.82) is 0 Å². The number of methoxy groups -OCH3 is 1. The third-order valence-electron chi connectivity index (χ3n) is 7.15. The van der Waals surface area contributed by atoms with Crippen LogP contribution in [0.5, 0.6) is 5.75 Å². The summed E-state index contributed by atoms with van der Waals surface area (Å²) < 4.78 is 21.2. The number of amidine groups is 1. The maximum absolute atomic E-state index is 14.0. The van der Waals surface area contributed by atoms with Gasteiger partial charge in [0.05, 0.1) is 35.8 Å². The summed E-state index contributed by atoms with van der Waals surface area (Å²) in [7, 11) is 1.67. The van der Waals surface area contributed by atoms with Gasteiger partial charge in [-0.05, 0) is 79.6 Å². The number of halogens is 1. The highest BCUT2D eigenvalue weighted by atomic mass is 19.1. The number of aryl methyl sites for hydroxylation is 2. The molecule has 2 atom stereocenters. The highest BCUT2D eigenvalue weighted by Crippen LogP contribution is 2.34. The van der Waals surface area contributed by atoms with Gasteiger partial charge in [-0.1, -0.05) is 19.1 Å². The molecule has 1 aliphatic carbocycles. The third kappa shape index (κ3) is 5.02. The van der Waals surface area contributed by atoms with Gasteiger partial charge < -0.3 is 21.5 Å². The maximum Gasteiger partial charge on any atom is 0.135 e. The summed E-state index contributed by atoms with van der Waals surface area (Å²) in [5.74, 6) is 0.753. The van der Waals surface area contributed by atoms with Gasteiger partial charge in [-0.3, -0.25) is 0 Å². The van der Waals surface area contributed by atoms with Crippen LogP contribution in [0.1, 0.15) is 42.9 Å². The van der Waals surface area contributed by atoms with Crippen molar-refractivity contribution >= 4 is 22.7 Å². The van der Waals surface area contributed by atoms with Gasteiger partial charge in [0.1, 0.15) is 17.4 Å². The minimum atomic E-state index is -0.346. The zero-order chi connectivity index (χ0) is 26.1. The minimum Gasteiger partial charge on any atom is -0.497 e. The first-order valence-electron chi connectivity index (χ1n) is 12.7. The van der Waals surface area contributed by atoms with Crippen molar-refractivity contribution in [2.75, 3.05) is 12.4 Å². The second-order valence-electron chi connectivity index (χ2n) is 9.71. The largest absolute Gasteiger partial charge is 0.497 e. The molecule has 0 spiro atoms. The van der Waals surface area contributed by atoms with Crippen LogP contribution in [0.3, 0.4) is 0 Å². The Labute approximate surface area is 216 Å². The smallest absolute Gasteiger partial charge is 0.135 e. The van der Waals surface area contributed by atoms with Gasteiger partial charge in [0.25, 0.3) is 0 Å². The molecule has 0 amide bonds. The summed E-state index contributed by atoms with van der Waals surface area (Å²) in [4.78, 5) is 4.64. The van der Waals surface area contributed by atoms with E-state index in [1.807, 2.05) is 29.8 Å². The Balaban J connectivity index is 1.63. The number of fused-ring (bicyclic) bond motifs is 1. The molecule has 2 aromatic heterocycles. The Morgan fingerprint density at radius 2 is 2.05 bits per heavy atom. The molecule has 7 nitrogen and oxygen atoms in total. The summed E-state index contributed by atoms with van der Waals surface area (Å²) in [5.41, 5.74) is 19.9. The molecule has 1 fully saturated rings. The van der Waals surface area contributed by atoms with Crippen LogP contribution in [0.15, 0.2) is 59.9 Å². The molecular formula is C29H33FN6O. The average molecular weight is 501 g/mol. The first-order chi connectivity index (χ1) is 17.9. The van der Waals surface area contributed by atoms with Gasteiger partial charge in [-0.25, -0.2) is 13.9 Å². The zero-order valence-corrected chi connectivity index (χ0v) is 21.5. The molecule has 4 aromatic rings. The number of aromatic nitrogens is 2. The van der Waals surface area contributed by atoms with Crippen LogP contribution < -0.4 is 21.5 Å². The Bertz CT molecular complexity index is 1480. The minimum absolute atomic E-state index is 0.175. The van der Waals surface area contributed by atoms with Crippen molar-refractivity contribution in [3.8, 4) is 16.9 Å². The molecule has 37 heavy (non-hydrogen) atoms. The Morgan fingerprint density at radius 3 is 2.76 bits per heavy atom. The fourth-order valence-electron chi connectivity index (χ4n) is 5.12. The number of hydrogen-bond donors (Lipinski definition) is 3. The lowest BCUT2D eigenvalue weighted by atomic mass is 10.0. The van der Waals surface area contributed by atoms with Crippen LogP contribution in [-0.2, 0) is 6.42 Å². The molecule has 2 aromatic carbocycles. The van der Waals surface area contributed by atoms with Crippen molar-refractivity contribution in [1.82, 2.24) is 9.61 Å². The lowest BCUT2D eigenvalue weighted by molar-refractivity contribution is 0.414. The Kier molecular flexibility index (Phi) is 6.84. The SMILES string of the molecule is CCc1ccc(F)cc1N=C(N)c1cnn2cc(-c3ccc(OC)cc3C)cc2c1N[C@@H]1CC[C@H](N)C1. The van der Waals surface area contributed by atoms with E-state index in [1.165, 1.54) is 12.1 Å². The number of nitrogens with two attached hydrogens (primary N) is 2. The van der Waals surface area contributed by atoms with Crippen molar-refractivity contribution in [2.45, 2.75) is 51.6 Å². The van der Waals surface area contributed by atoms with Crippen LogP contribution in [0.25, 0.3) is 16.6 Å². The average Bonchev–Trinajstić information content (AvgIpc) is 3.50. The molecule has 5 N–H and O–H groups in total. The number of anilines is 1. The normalized spacial score (nSPS) is 17.9. The van der Waals surface area contributed by atoms with E-state index in [1.54, 1.807) is 19.4 Å². The van der Waals surface area contributed by atoms with Crippen molar-refractivity contribution in [3.05, 3.63) is 77.4 Å². The number of aliphatic imine (C=N–C) groups is 1. The van der Waals surface area contributed by atoms with Crippen molar-refractivity contribution in [3.63, 3.8) is 0 Å². The van der Waals surface area contributed by atoms with E-state index in [0.29, 0.717) is 11.3 Å². The standard InChI is InChI=1S/C29H33FN6O/c1-4-18-5-6-20(30)13-26(18)35-29(32)25-15-33-36-16-19(24-10-9-23(37-3)11-17(24)2)12-27(36)28(25)34-22-8-7-21(31)14-22/h5-6,9-13,15-16,21-22,34H,4,7-8,14,31H2,1-3H3,(H2,32,35)/t21-,22+/m0/s1. The maximum atomic E-state index is 14.0. The highest BCUT2D eigenvalue weighted by molar-refractivity contribution is 6.06. The van der Waals surface area contributed by atoms with Crippen LogP contribution in [0, 0.1) is 12.7 Å². The zero-order valence-electron chi connectivity index (χ0n) is 21.5. The molecule has 1 aliphatic rings. The third-order valence-corrected chi connectivity index (χ3v) is 7.15. The Hall–Kier alpha value is -3.91. The predicted octanol–water partition coefficient (Wildman–Crippen LogP) is 5.35. The number of nitrogens with one attached hydrogen (secondary N) is 1. The van der Waals surface area contributed by atoms with Gasteiger partial charge in [0, 0.05) is 23.8 Å². The molecule has 0 saturated heterocycles. The first kappa shape index (κ1) is 24.8. The number of hydrogen-bond acceptors (Lipinski definition) is 5. The van der Waals surface area contributed by atoms with Crippen molar-refractivity contribution < 1.29 is 9.13 Å². The van der Waals surface area contributed by atoms with E-state index in [-0.39, 0.29) is 23.7 Å². The summed E-state index contributed by atoms with van der Waals surface area (Å²) in [6.07, 6.45) is 7.27. The number of rotatable bonds is 7. The molecule has 0 radical (unpaired) electrons. The van der Waals surface area contributed by atoms with Gasteiger partial charge >= 0.3 is 0 Å². The molecule has 2 heterocycles. The summed E-state index contributed by atoms with van der Waals surface area (Å²) in [5, 5.41) is 8.35. The fourth-order valence-corrected chi connectivity index (χ4v) is 5.12. The van der Waals surface area contributed by atoms with Crippen LogP contribution in [-0.4, -0.2) is 34.6 Å². The van der Waals surface area contributed by atoms with Crippen LogP contribution in [0.2, 0.25) is 0 Å². The van der Waals surface area contributed by atoms with Gasteiger partial charge in [-0.15, -0.1) is 0 Å². The lowest BCUT2D eigenvalue weighted by Gasteiger charge is -2.18. The second-order valence-corrected chi connectivity index (χ2v) is 9.71. The summed E-state index contributed by atoms with van der Waals surface area (Å²) in [6, 6.07) is 13.1. The number of benzene rings is 2. The first-order valence-corrected chi connectivity index (χ1v) is 12.7. The molecule has 0 aliphatic heterocycles. The molecule has 5 rings (SSSR count). The number of ether oxygens (including phenoxy) is 1. The van der Waals surface area contributed by atoms with E-state index in [2.05, 4.69) is 34.5 Å². The van der Waals surface area contributed by atoms with E-state index in [9.17, 15) is 4.39 Å². The Morgan fingerprint density at radius 1 is 1.22 bits per heavy atom. The highest BCUT2D eigenvalue weighted by Gasteiger charge is 2.24. The fraction of sp³-hybridized carbons (Fsp3) is 0.310. The molecule has 192 valence electrons.